The molecule has 14 heavy (non-hydrogen) atoms. The molecule has 0 heterocycles. The molecule has 1 aromatic rings. The lowest BCUT2D eigenvalue weighted by Gasteiger charge is -2.15. The molecule has 1 unspecified atom stereocenters. The van der Waals surface area contributed by atoms with Crippen LogP contribution in [0.5, 0.6) is 5.75 Å². The Kier molecular flexibility index (Phi) is 4.39. The third-order valence-corrected chi connectivity index (χ3v) is 2.67. The molecule has 0 aromatic heterocycles. The fourth-order valence-corrected chi connectivity index (χ4v) is 1.51. The zero-order chi connectivity index (χ0) is 10.6. The molecule has 0 aliphatic carbocycles. The molecule has 0 bridgehead atoms. The summed E-state index contributed by atoms with van der Waals surface area (Å²) in [6.07, 6.45) is 1.11. The van der Waals surface area contributed by atoms with Crippen molar-refractivity contribution in [3.05, 3.63) is 29.6 Å². The van der Waals surface area contributed by atoms with Crippen LogP contribution in [0.4, 0.5) is 4.39 Å². The molecule has 0 saturated heterocycles. The van der Waals surface area contributed by atoms with E-state index >= 15 is 0 Å². The van der Waals surface area contributed by atoms with Crippen molar-refractivity contribution in [1.82, 2.24) is 0 Å². The normalized spacial score (nSPS) is 12.6. The highest BCUT2D eigenvalue weighted by molar-refractivity contribution is 9.08. The first-order chi connectivity index (χ1) is 6.67. The smallest absolute Gasteiger partial charge is 0.123 e. The number of benzene rings is 1. The van der Waals surface area contributed by atoms with Gasteiger partial charge in [-0.05, 0) is 31.5 Å². The van der Waals surface area contributed by atoms with Crippen LogP contribution in [-0.4, -0.2) is 6.10 Å². The molecule has 0 N–H and O–H groups in total. The summed E-state index contributed by atoms with van der Waals surface area (Å²) in [6, 6.07) is 4.59. The average Bonchev–Trinajstić information content (AvgIpc) is 2.20. The molecule has 0 saturated carbocycles. The van der Waals surface area contributed by atoms with Crippen LogP contribution in [0.3, 0.4) is 0 Å². The summed E-state index contributed by atoms with van der Waals surface area (Å²) in [5.74, 6) is 0.536. The number of rotatable bonds is 4. The minimum absolute atomic E-state index is 0.165. The maximum Gasteiger partial charge on any atom is 0.123 e. The first kappa shape index (κ1) is 11.5. The standard InChI is InChI=1S/C11H14BrFO/c1-3-8(2)14-11-5-4-10(13)6-9(11)7-12/h4-6,8H,3,7H2,1-2H3. The maximum absolute atomic E-state index is 12.9. The Labute approximate surface area is 92.4 Å². The van der Waals surface area contributed by atoms with Gasteiger partial charge in [0.1, 0.15) is 11.6 Å². The SMILES string of the molecule is CCC(C)Oc1ccc(F)cc1CBr. The van der Waals surface area contributed by atoms with Crippen molar-refractivity contribution < 1.29 is 9.13 Å². The largest absolute Gasteiger partial charge is 0.490 e. The van der Waals surface area contributed by atoms with Crippen LogP contribution in [0.15, 0.2) is 18.2 Å². The van der Waals surface area contributed by atoms with Crippen LogP contribution in [0.1, 0.15) is 25.8 Å². The summed E-state index contributed by atoms with van der Waals surface area (Å²) in [5, 5.41) is 0.608. The van der Waals surface area contributed by atoms with Gasteiger partial charge in [-0.1, -0.05) is 22.9 Å². The first-order valence-corrected chi connectivity index (χ1v) is 5.80. The number of alkyl halides is 1. The van der Waals surface area contributed by atoms with E-state index in [0.717, 1.165) is 17.7 Å². The molecule has 1 atom stereocenters. The van der Waals surface area contributed by atoms with Crippen LogP contribution in [0.2, 0.25) is 0 Å². The molecule has 1 aromatic carbocycles. The van der Waals surface area contributed by atoms with E-state index < -0.39 is 0 Å². The Hall–Kier alpha value is -0.570. The minimum Gasteiger partial charge on any atom is -0.490 e. The van der Waals surface area contributed by atoms with E-state index in [1.807, 2.05) is 6.92 Å². The maximum atomic E-state index is 12.9. The number of halogens is 2. The van der Waals surface area contributed by atoms with E-state index in [4.69, 9.17) is 4.74 Å². The van der Waals surface area contributed by atoms with Gasteiger partial charge < -0.3 is 4.74 Å². The fraction of sp³-hybridized carbons (Fsp3) is 0.455. The molecule has 1 nitrogen and oxygen atoms in total. The quantitative estimate of drug-likeness (QED) is 0.747. The van der Waals surface area contributed by atoms with Crippen molar-refractivity contribution >= 4 is 15.9 Å². The summed E-state index contributed by atoms with van der Waals surface area (Å²) in [5.41, 5.74) is 0.852. The molecule has 0 radical (unpaired) electrons. The highest BCUT2D eigenvalue weighted by atomic mass is 79.9. The van der Waals surface area contributed by atoms with Crippen molar-refractivity contribution in [1.29, 1.82) is 0 Å². The second-order valence-electron chi connectivity index (χ2n) is 3.22. The third-order valence-electron chi connectivity index (χ3n) is 2.07. The molecule has 3 heteroatoms. The first-order valence-electron chi connectivity index (χ1n) is 4.68. The van der Waals surface area contributed by atoms with Gasteiger partial charge in [0.25, 0.3) is 0 Å². The second kappa shape index (κ2) is 5.35. The van der Waals surface area contributed by atoms with E-state index in [0.29, 0.717) is 5.33 Å². The summed E-state index contributed by atoms with van der Waals surface area (Å²) in [6.45, 7) is 4.06. The second-order valence-corrected chi connectivity index (χ2v) is 3.78. The number of hydrogen-bond donors (Lipinski definition) is 0. The highest BCUT2D eigenvalue weighted by Crippen LogP contribution is 2.23. The molecule has 0 aliphatic rings. The van der Waals surface area contributed by atoms with E-state index in [9.17, 15) is 4.39 Å². The van der Waals surface area contributed by atoms with E-state index in [2.05, 4.69) is 22.9 Å². The predicted octanol–water partition coefficient (Wildman–Crippen LogP) is 3.90. The van der Waals surface area contributed by atoms with Gasteiger partial charge in [0, 0.05) is 10.9 Å². The molecule has 0 aliphatic heterocycles. The van der Waals surface area contributed by atoms with Crippen molar-refractivity contribution in [2.45, 2.75) is 31.7 Å². The number of ether oxygens (including phenoxy) is 1. The Bertz CT molecular complexity index is 301. The fourth-order valence-electron chi connectivity index (χ4n) is 1.07. The van der Waals surface area contributed by atoms with Crippen molar-refractivity contribution in [3.63, 3.8) is 0 Å². The number of hydrogen-bond acceptors (Lipinski definition) is 1. The Morgan fingerprint density at radius 2 is 2.21 bits per heavy atom. The zero-order valence-corrected chi connectivity index (χ0v) is 9.97. The van der Waals surface area contributed by atoms with Crippen LogP contribution < -0.4 is 4.74 Å². The van der Waals surface area contributed by atoms with Crippen molar-refractivity contribution in [2.24, 2.45) is 0 Å². The van der Waals surface area contributed by atoms with Crippen molar-refractivity contribution in [2.75, 3.05) is 0 Å². The molecular weight excluding hydrogens is 247 g/mol. The van der Waals surface area contributed by atoms with E-state index in [1.165, 1.54) is 12.1 Å². The molecule has 0 fully saturated rings. The lowest BCUT2D eigenvalue weighted by molar-refractivity contribution is 0.215. The van der Waals surface area contributed by atoms with Crippen LogP contribution >= 0.6 is 15.9 Å². The van der Waals surface area contributed by atoms with Gasteiger partial charge in [0.05, 0.1) is 6.10 Å². The Morgan fingerprint density at radius 3 is 2.79 bits per heavy atom. The topological polar surface area (TPSA) is 9.23 Å². The van der Waals surface area contributed by atoms with Gasteiger partial charge >= 0.3 is 0 Å². The lowest BCUT2D eigenvalue weighted by Crippen LogP contribution is -2.10. The van der Waals surface area contributed by atoms with Gasteiger partial charge in [-0.3, -0.25) is 0 Å². The molecule has 0 spiro atoms. The minimum atomic E-state index is -0.226. The van der Waals surface area contributed by atoms with Gasteiger partial charge in [-0.25, -0.2) is 4.39 Å². The Morgan fingerprint density at radius 1 is 1.50 bits per heavy atom. The van der Waals surface area contributed by atoms with Crippen LogP contribution in [-0.2, 0) is 5.33 Å². The van der Waals surface area contributed by atoms with Gasteiger partial charge in [-0.2, -0.15) is 0 Å². The average molecular weight is 261 g/mol. The van der Waals surface area contributed by atoms with Gasteiger partial charge in [0.2, 0.25) is 0 Å². The predicted molar refractivity (Wildman–Crippen MR) is 59.4 cm³/mol. The van der Waals surface area contributed by atoms with Gasteiger partial charge in [-0.15, -0.1) is 0 Å². The molecule has 1 rings (SSSR count). The molecule has 78 valence electrons. The third kappa shape index (κ3) is 2.98. The van der Waals surface area contributed by atoms with E-state index in [-0.39, 0.29) is 11.9 Å². The summed E-state index contributed by atoms with van der Waals surface area (Å²) in [7, 11) is 0. The van der Waals surface area contributed by atoms with E-state index in [1.54, 1.807) is 6.07 Å². The summed E-state index contributed by atoms with van der Waals surface area (Å²) < 4.78 is 18.5. The summed E-state index contributed by atoms with van der Waals surface area (Å²) in [4.78, 5) is 0. The van der Waals surface area contributed by atoms with Gasteiger partial charge in [0.15, 0.2) is 0 Å². The monoisotopic (exact) mass is 260 g/mol. The summed E-state index contributed by atoms with van der Waals surface area (Å²) >= 11 is 3.31. The highest BCUT2D eigenvalue weighted by Gasteiger charge is 2.07. The molecule has 0 amide bonds. The van der Waals surface area contributed by atoms with Crippen LogP contribution in [0.25, 0.3) is 0 Å². The zero-order valence-electron chi connectivity index (χ0n) is 8.39. The Balaban J connectivity index is 2.85. The van der Waals surface area contributed by atoms with Crippen molar-refractivity contribution in [3.8, 4) is 5.75 Å². The lowest BCUT2D eigenvalue weighted by atomic mass is 10.2. The molecular formula is C11H14BrFO. The van der Waals surface area contributed by atoms with Crippen LogP contribution in [0, 0.1) is 5.82 Å².